The summed E-state index contributed by atoms with van der Waals surface area (Å²) in [6.45, 7) is 8.70. The molecule has 0 aliphatic carbocycles. The molecule has 1 aliphatic heterocycles. The molecule has 1 saturated heterocycles. The van der Waals surface area contributed by atoms with Crippen LogP contribution in [0.25, 0.3) is 0 Å². The number of aromatic nitrogens is 1. The Labute approximate surface area is 116 Å². The molecule has 0 bridgehead atoms. The molecule has 1 aromatic heterocycles. The lowest BCUT2D eigenvalue weighted by atomic mass is 10.2. The number of rotatable bonds is 5. The molecule has 1 atom stereocenters. The van der Waals surface area contributed by atoms with Gasteiger partial charge in [0.2, 0.25) is 0 Å². The highest BCUT2D eigenvalue weighted by molar-refractivity contribution is 7.92. The molecule has 1 unspecified atom stereocenters. The van der Waals surface area contributed by atoms with Crippen LogP contribution in [0.2, 0.25) is 0 Å². The van der Waals surface area contributed by atoms with E-state index in [2.05, 4.69) is 36.7 Å². The second kappa shape index (κ2) is 5.67. The average Bonchev–Trinajstić information content (AvgIpc) is 2.80. The van der Waals surface area contributed by atoms with Crippen LogP contribution >= 0.6 is 0 Å². The quantitative estimate of drug-likeness (QED) is 0.897. The summed E-state index contributed by atoms with van der Waals surface area (Å²) in [6, 6.07) is 2.19. The molecule has 5 heteroatoms. The van der Waals surface area contributed by atoms with E-state index < -0.39 is 9.84 Å². The fourth-order valence-corrected chi connectivity index (χ4v) is 4.79. The lowest BCUT2D eigenvalue weighted by Gasteiger charge is -2.11. The first-order chi connectivity index (χ1) is 8.95. The molecule has 0 saturated carbocycles. The van der Waals surface area contributed by atoms with Crippen molar-refractivity contribution in [1.82, 2.24) is 9.88 Å². The Morgan fingerprint density at radius 3 is 2.68 bits per heavy atom. The SMILES string of the molecule is CCn1c(C)cc(CNCC2CCCS2(=O)=O)c1C. The third-order valence-electron chi connectivity index (χ3n) is 4.14. The molecule has 2 rings (SSSR count). The predicted octanol–water partition coefficient (Wildman–Crippen LogP) is 1.79. The van der Waals surface area contributed by atoms with Crippen LogP contribution in [-0.2, 0) is 22.9 Å². The van der Waals surface area contributed by atoms with Crippen molar-refractivity contribution < 1.29 is 8.42 Å². The van der Waals surface area contributed by atoms with Gasteiger partial charge < -0.3 is 9.88 Å². The van der Waals surface area contributed by atoms with Crippen molar-refractivity contribution in [3.8, 4) is 0 Å². The van der Waals surface area contributed by atoms with Crippen LogP contribution in [0.4, 0.5) is 0 Å². The second-order valence-electron chi connectivity index (χ2n) is 5.40. The van der Waals surface area contributed by atoms with E-state index in [0.717, 1.165) is 25.9 Å². The fourth-order valence-electron chi connectivity index (χ4n) is 2.99. The van der Waals surface area contributed by atoms with E-state index in [1.165, 1.54) is 17.0 Å². The van der Waals surface area contributed by atoms with Gasteiger partial charge in [-0.3, -0.25) is 0 Å². The number of nitrogens with zero attached hydrogens (tertiary/aromatic N) is 1. The van der Waals surface area contributed by atoms with E-state index in [9.17, 15) is 8.42 Å². The first kappa shape index (κ1) is 14.6. The Kier molecular flexibility index (Phi) is 4.36. The number of sulfone groups is 1. The monoisotopic (exact) mass is 284 g/mol. The Hall–Kier alpha value is -0.810. The van der Waals surface area contributed by atoms with Crippen LogP contribution in [0.3, 0.4) is 0 Å². The van der Waals surface area contributed by atoms with Gasteiger partial charge in [-0.2, -0.15) is 0 Å². The standard InChI is InChI=1S/C14H24N2O2S/c1-4-16-11(2)8-13(12(16)3)9-15-10-14-6-5-7-19(14,17)18/h8,14-15H,4-7,9-10H2,1-3H3. The summed E-state index contributed by atoms with van der Waals surface area (Å²) in [4.78, 5) is 0. The summed E-state index contributed by atoms with van der Waals surface area (Å²) in [5.74, 6) is 0.365. The van der Waals surface area contributed by atoms with Gasteiger partial charge in [-0.25, -0.2) is 8.42 Å². The molecule has 2 heterocycles. The molecule has 1 aliphatic rings. The molecule has 4 nitrogen and oxygen atoms in total. The highest BCUT2D eigenvalue weighted by Crippen LogP contribution is 2.19. The van der Waals surface area contributed by atoms with Gasteiger partial charge in [0.1, 0.15) is 0 Å². The van der Waals surface area contributed by atoms with Crippen molar-refractivity contribution in [1.29, 1.82) is 0 Å². The molecular formula is C14H24N2O2S. The van der Waals surface area contributed by atoms with Gasteiger partial charge >= 0.3 is 0 Å². The van der Waals surface area contributed by atoms with Crippen molar-refractivity contribution in [3.05, 3.63) is 23.0 Å². The Morgan fingerprint density at radius 1 is 1.42 bits per heavy atom. The molecule has 1 fully saturated rings. The molecule has 1 aromatic rings. The van der Waals surface area contributed by atoms with Gasteiger partial charge in [0.25, 0.3) is 0 Å². The maximum atomic E-state index is 11.7. The topological polar surface area (TPSA) is 51.1 Å². The van der Waals surface area contributed by atoms with Gasteiger partial charge in [0.15, 0.2) is 9.84 Å². The van der Waals surface area contributed by atoms with Gasteiger partial charge in [-0.05, 0) is 45.2 Å². The molecule has 108 valence electrons. The Bertz CT molecular complexity index is 546. The first-order valence-corrected chi connectivity index (χ1v) is 8.75. The molecule has 0 radical (unpaired) electrons. The summed E-state index contributed by atoms with van der Waals surface area (Å²) < 4.78 is 25.7. The summed E-state index contributed by atoms with van der Waals surface area (Å²) >= 11 is 0. The minimum absolute atomic E-state index is 0.179. The van der Waals surface area contributed by atoms with E-state index in [1.807, 2.05) is 0 Å². The minimum atomic E-state index is -2.83. The third kappa shape index (κ3) is 3.03. The lowest BCUT2D eigenvalue weighted by molar-refractivity contribution is 0.573. The van der Waals surface area contributed by atoms with E-state index in [4.69, 9.17) is 0 Å². The lowest BCUT2D eigenvalue weighted by Crippen LogP contribution is -2.30. The van der Waals surface area contributed by atoms with E-state index in [1.54, 1.807) is 0 Å². The third-order valence-corrected chi connectivity index (χ3v) is 6.42. The fraction of sp³-hybridized carbons (Fsp3) is 0.714. The van der Waals surface area contributed by atoms with Crippen LogP contribution in [-0.4, -0.2) is 30.5 Å². The molecule has 19 heavy (non-hydrogen) atoms. The summed E-state index contributed by atoms with van der Waals surface area (Å²) in [6.07, 6.45) is 1.63. The maximum absolute atomic E-state index is 11.7. The van der Waals surface area contributed by atoms with E-state index in [0.29, 0.717) is 12.3 Å². The van der Waals surface area contributed by atoms with Crippen LogP contribution in [0.1, 0.15) is 36.7 Å². The molecule has 0 amide bonds. The van der Waals surface area contributed by atoms with Crippen LogP contribution < -0.4 is 5.32 Å². The second-order valence-corrected chi connectivity index (χ2v) is 7.80. The number of aryl methyl sites for hydroxylation is 1. The zero-order chi connectivity index (χ0) is 14.0. The number of hydrogen-bond donors (Lipinski definition) is 1. The summed E-state index contributed by atoms with van der Waals surface area (Å²) in [7, 11) is -2.83. The summed E-state index contributed by atoms with van der Waals surface area (Å²) in [5, 5.41) is 3.13. The molecule has 0 aromatic carbocycles. The van der Waals surface area contributed by atoms with Crippen LogP contribution in [0.15, 0.2) is 6.07 Å². The predicted molar refractivity (Wildman–Crippen MR) is 78.1 cm³/mol. The number of hydrogen-bond acceptors (Lipinski definition) is 3. The van der Waals surface area contributed by atoms with Crippen LogP contribution in [0, 0.1) is 13.8 Å². The van der Waals surface area contributed by atoms with E-state index >= 15 is 0 Å². The number of nitrogens with one attached hydrogen (secondary N) is 1. The smallest absolute Gasteiger partial charge is 0.154 e. The molecular weight excluding hydrogens is 260 g/mol. The Morgan fingerprint density at radius 2 is 2.16 bits per heavy atom. The largest absolute Gasteiger partial charge is 0.349 e. The highest BCUT2D eigenvalue weighted by Gasteiger charge is 2.30. The summed E-state index contributed by atoms with van der Waals surface area (Å²) in [5.41, 5.74) is 3.82. The van der Waals surface area contributed by atoms with Crippen molar-refractivity contribution in [2.75, 3.05) is 12.3 Å². The average molecular weight is 284 g/mol. The van der Waals surface area contributed by atoms with Crippen molar-refractivity contribution in [3.63, 3.8) is 0 Å². The zero-order valence-corrected chi connectivity index (χ0v) is 12.9. The van der Waals surface area contributed by atoms with Crippen molar-refractivity contribution in [2.24, 2.45) is 0 Å². The van der Waals surface area contributed by atoms with Gasteiger partial charge in [-0.15, -0.1) is 0 Å². The molecule has 0 spiro atoms. The minimum Gasteiger partial charge on any atom is -0.349 e. The van der Waals surface area contributed by atoms with Gasteiger partial charge in [0, 0.05) is 31.0 Å². The van der Waals surface area contributed by atoms with Crippen LogP contribution in [0.5, 0.6) is 0 Å². The normalized spacial score (nSPS) is 21.9. The Balaban J connectivity index is 1.93. The first-order valence-electron chi connectivity index (χ1n) is 7.03. The highest BCUT2D eigenvalue weighted by atomic mass is 32.2. The maximum Gasteiger partial charge on any atom is 0.154 e. The van der Waals surface area contributed by atoms with Gasteiger partial charge in [-0.1, -0.05) is 0 Å². The van der Waals surface area contributed by atoms with Crippen molar-refractivity contribution in [2.45, 2.75) is 52.0 Å². The molecule has 1 N–H and O–H groups in total. The van der Waals surface area contributed by atoms with Gasteiger partial charge in [0.05, 0.1) is 11.0 Å². The van der Waals surface area contributed by atoms with Crippen molar-refractivity contribution >= 4 is 9.84 Å². The zero-order valence-electron chi connectivity index (χ0n) is 12.1. The van der Waals surface area contributed by atoms with E-state index in [-0.39, 0.29) is 5.25 Å².